The Kier molecular flexibility index (Phi) is 4.43. The number of nitrogens with zero attached hydrogens (tertiary/aromatic N) is 1. The molecule has 82 valence electrons. The average Bonchev–Trinajstić information content (AvgIpc) is 2.10. The molecule has 0 radical (unpaired) electrons. The summed E-state index contributed by atoms with van der Waals surface area (Å²) < 4.78 is 0. The van der Waals surface area contributed by atoms with E-state index in [1.165, 1.54) is 12.8 Å². The Labute approximate surface area is 87.7 Å². The minimum Gasteiger partial charge on any atom is -0.342 e. The normalized spacial score (nSPS) is 23.3. The minimum atomic E-state index is 0.367. The third-order valence-corrected chi connectivity index (χ3v) is 2.88. The molecule has 14 heavy (non-hydrogen) atoms. The van der Waals surface area contributed by atoms with Crippen molar-refractivity contribution in [3.63, 3.8) is 0 Å². The van der Waals surface area contributed by atoms with Crippen molar-refractivity contribution in [3.05, 3.63) is 0 Å². The predicted molar refractivity (Wildman–Crippen MR) is 59.1 cm³/mol. The summed E-state index contributed by atoms with van der Waals surface area (Å²) in [6, 6.07) is 0. The minimum absolute atomic E-state index is 0.367. The summed E-state index contributed by atoms with van der Waals surface area (Å²) in [5.74, 6) is 1.72. The molecule has 0 bridgehead atoms. The zero-order valence-electron chi connectivity index (χ0n) is 9.75. The molecule has 0 aromatic carbocycles. The van der Waals surface area contributed by atoms with Gasteiger partial charge < -0.3 is 4.90 Å². The molecular weight excluding hydrogens is 174 g/mol. The number of likely N-dealkylation sites (tertiary alicyclic amines) is 1. The van der Waals surface area contributed by atoms with E-state index in [0.29, 0.717) is 11.8 Å². The molecule has 1 rings (SSSR count). The summed E-state index contributed by atoms with van der Waals surface area (Å²) >= 11 is 0. The van der Waals surface area contributed by atoms with Gasteiger partial charge in [-0.3, -0.25) is 4.79 Å². The van der Waals surface area contributed by atoms with Crippen molar-refractivity contribution >= 4 is 5.91 Å². The highest BCUT2D eigenvalue weighted by Crippen LogP contribution is 2.22. The lowest BCUT2D eigenvalue weighted by atomic mass is 9.93. The smallest absolute Gasteiger partial charge is 0.222 e. The van der Waals surface area contributed by atoms with E-state index in [0.717, 1.165) is 31.8 Å². The highest BCUT2D eigenvalue weighted by atomic mass is 16.2. The first-order valence-corrected chi connectivity index (χ1v) is 5.91. The number of rotatable bonds is 4. The van der Waals surface area contributed by atoms with Crippen LogP contribution in [-0.4, -0.2) is 23.9 Å². The highest BCUT2D eigenvalue weighted by Gasteiger charge is 2.24. The van der Waals surface area contributed by atoms with Crippen LogP contribution in [0.4, 0.5) is 0 Å². The Morgan fingerprint density at radius 1 is 1.50 bits per heavy atom. The molecule has 2 nitrogen and oxygen atoms in total. The molecule has 1 aliphatic rings. The molecule has 1 saturated heterocycles. The Morgan fingerprint density at radius 2 is 2.21 bits per heavy atom. The van der Waals surface area contributed by atoms with Gasteiger partial charge in [0.05, 0.1) is 0 Å². The SMILES string of the molecule is CCCC1CCC(=O)N(CC(C)C)C1. The van der Waals surface area contributed by atoms with Crippen LogP contribution in [0.25, 0.3) is 0 Å². The van der Waals surface area contributed by atoms with Crippen LogP contribution in [0, 0.1) is 11.8 Å². The fourth-order valence-corrected chi connectivity index (χ4v) is 2.25. The zero-order valence-corrected chi connectivity index (χ0v) is 9.75. The van der Waals surface area contributed by atoms with Gasteiger partial charge in [0.15, 0.2) is 0 Å². The van der Waals surface area contributed by atoms with Gasteiger partial charge in [0.1, 0.15) is 0 Å². The molecule has 1 unspecified atom stereocenters. The summed E-state index contributed by atoms with van der Waals surface area (Å²) in [6.07, 6.45) is 4.41. The number of hydrogen-bond donors (Lipinski definition) is 0. The quantitative estimate of drug-likeness (QED) is 0.678. The Hall–Kier alpha value is -0.530. The molecule has 1 fully saturated rings. The first kappa shape index (κ1) is 11.5. The van der Waals surface area contributed by atoms with E-state index in [4.69, 9.17) is 0 Å². The standard InChI is InChI=1S/C12H23NO/c1-4-5-11-6-7-12(14)13(9-11)8-10(2)3/h10-11H,4-9H2,1-3H3. The lowest BCUT2D eigenvalue weighted by Crippen LogP contribution is -2.41. The van der Waals surface area contributed by atoms with E-state index in [1.807, 2.05) is 0 Å². The lowest BCUT2D eigenvalue weighted by Gasteiger charge is -2.33. The first-order valence-electron chi connectivity index (χ1n) is 5.91. The van der Waals surface area contributed by atoms with Crippen LogP contribution in [0.1, 0.15) is 46.5 Å². The van der Waals surface area contributed by atoms with Gasteiger partial charge in [-0.25, -0.2) is 0 Å². The fourth-order valence-electron chi connectivity index (χ4n) is 2.25. The first-order chi connectivity index (χ1) is 6.63. The molecule has 1 heterocycles. The number of carbonyl (C=O) groups is 1. The van der Waals surface area contributed by atoms with E-state index in [2.05, 4.69) is 25.7 Å². The average molecular weight is 197 g/mol. The van der Waals surface area contributed by atoms with Crippen molar-refractivity contribution in [1.82, 2.24) is 4.90 Å². The monoisotopic (exact) mass is 197 g/mol. The van der Waals surface area contributed by atoms with E-state index in [-0.39, 0.29) is 0 Å². The summed E-state index contributed by atoms with van der Waals surface area (Å²) in [4.78, 5) is 13.7. The van der Waals surface area contributed by atoms with Crippen molar-refractivity contribution in [3.8, 4) is 0 Å². The van der Waals surface area contributed by atoms with Crippen LogP contribution in [0.2, 0.25) is 0 Å². The van der Waals surface area contributed by atoms with Gasteiger partial charge in [-0.15, -0.1) is 0 Å². The van der Waals surface area contributed by atoms with Crippen LogP contribution in [0.3, 0.4) is 0 Å². The van der Waals surface area contributed by atoms with Crippen LogP contribution in [0.5, 0.6) is 0 Å². The third kappa shape index (κ3) is 3.32. The number of hydrogen-bond acceptors (Lipinski definition) is 1. The van der Waals surface area contributed by atoms with Gasteiger partial charge in [0.2, 0.25) is 5.91 Å². The summed E-state index contributed by atoms with van der Waals surface area (Å²) in [5.41, 5.74) is 0. The van der Waals surface area contributed by atoms with E-state index in [1.54, 1.807) is 0 Å². The molecule has 2 heteroatoms. The largest absolute Gasteiger partial charge is 0.342 e. The topological polar surface area (TPSA) is 20.3 Å². The molecule has 0 N–H and O–H groups in total. The summed E-state index contributed by atoms with van der Waals surface area (Å²) in [6.45, 7) is 8.53. The second kappa shape index (κ2) is 5.38. The second-order valence-electron chi connectivity index (χ2n) is 4.89. The van der Waals surface area contributed by atoms with Gasteiger partial charge in [-0.1, -0.05) is 27.2 Å². The number of amides is 1. The molecule has 1 atom stereocenters. The van der Waals surface area contributed by atoms with Crippen LogP contribution >= 0.6 is 0 Å². The lowest BCUT2D eigenvalue weighted by molar-refractivity contribution is -0.135. The second-order valence-corrected chi connectivity index (χ2v) is 4.89. The van der Waals surface area contributed by atoms with Crippen molar-refractivity contribution in [1.29, 1.82) is 0 Å². The van der Waals surface area contributed by atoms with Gasteiger partial charge in [0, 0.05) is 19.5 Å². The molecule has 0 aromatic heterocycles. The number of piperidine rings is 1. The Morgan fingerprint density at radius 3 is 2.79 bits per heavy atom. The summed E-state index contributed by atoms with van der Waals surface area (Å²) in [5, 5.41) is 0. The molecular formula is C12H23NO. The third-order valence-electron chi connectivity index (χ3n) is 2.88. The van der Waals surface area contributed by atoms with Crippen LogP contribution in [-0.2, 0) is 4.79 Å². The van der Waals surface area contributed by atoms with Crippen molar-refractivity contribution in [2.24, 2.45) is 11.8 Å². The molecule has 0 aliphatic carbocycles. The van der Waals surface area contributed by atoms with Gasteiger partial charge >= 0.3 is 0 Å². The molecule has 0 spiro atoms. The molecule has 0 saturated carbocycles. The van der Waals surface area contributed by atoms with Gasteiger partial charge in [-0.2, -0.15) is 0 Å². The summed E-state index contributed by atoms with van der Waals surface area (Å²) in [7, 11) is 0. The van der Waals surface area contributed by atoms with Gasteiger partial charge in [0.25, 0.3) is 0 Å². The predicted octanol–water partition coefficient (Wildman–Crippen LogP) is 2.68. The van der Waals surface area contributed by atoms with E-state index < -0.39 is 0 Å². The Bertz CT molecular complexity index is 189. The van der Waals surface area contributed by atoms with Crippen molar-refractivity contribution in [2.45, 2.75) is 46.5 Å². The van der Waals surface area contributed by atoms with E-state index >= 15 is 0 Å². The van der Waals surface area contributed by atoms with Crippen LogP contribution < -0.4 is 0 Å². The molecule has 1 aliphatic heterocycles. The maximum atomic E-state index is 11.6. The maximum absolute atomic E-state index is 11.6. The zero-order chi connectivity index (χ0) is 10.6. The van der Waals surface area contributed by atoms with Crippen molar-refractivity contribution < 1.29 is 4.79 Å². The van der Waals surface area contributed by atoms with E-state index in [9.17, 15) is 4.79 Å². The Balaban J connectivity index is 2.42. The fraction of sp³-hybridized carbons (Fsp3) is 0.917. The number of carbonyl (C=O) groups excluding carboxylic acids is 1. The van der Waals surface area contributed by atoms with Gasteiger partial charge in [-0.05, 0) is 24.7 Å². The van der Waals surface area contributed by atoms with Crippen LogP contribution in [0.15, 0.2) is 0 Å². The maximum Gasteiger partial charge on any atom is 0.222 e. The molecule has 1 amide bonds. The molecule has 0 aromatic rings. The van der Waals surface area contributed by atoms with Crippen molar-refractivity contribution in [2.75, 3.05) is 13.1 Å². The highest BCUT2D eigenvalue weighted by molar-refractivity contribution is 5.76.